The largest absolute Gasteiger partial charge is 0.417 e. The van der Waals surface area contributed by atoms with Crippen LogP contribution in [0.15, 0.2) is 0 Å². The molecule has 0 aliphatic rings. The molecule has 0 atom stereocenters. The van der Waals surface area contributed by atoms with Crippen molar-refractivity contribution in [3.8, 4) is 0 Å². The fraction of sp³-hybridized carbons (Fsp3) is 1.00. The second kappa shape index (κ2) is 6.02. The average Bonchev–Trinajstić information content (AvgIpc) is 2.14. The molecule has 0 aromatic heterocycles. The maximum Gasteiger partial charge on any atom is 0.417 e. The van der Waals surface area contributed by atoms with E-state index >= 15 is 0 Å². The first kappa shape index (κ1) is 15.9. The Morgan fingerprint density at radius 2 is 1.44 bits per heavy atom. The van der Waals surface area contributed by atoms with Crippen LogP contribution in [0.2, 0.25) is 6.04 Å². The summed E-state index contributed by atoms with van der Waals surface area (Å²) in [6, 6.07) is 0.0281. The van der Waals surface area contributed by atoms with Crippen molar-refractivity contribution in [2.45, 2.75) is 58.4 Å². The summed E-state index contributed by atoms with van der Waals surface area (Å²) in [6.07, 6.45) is -0.800. The van der Waals surface area contributed by atoms with Gasteiger partial charge in [0.25, 0.3) is 0 Å². The highest BCUT2D eigenvalue weighted by Crippen LogP contribution is 2.34. The number of hydrogen-bond donors (Lipinski definition) is 0. The van der Waals surface area contributed by atoms with Crippen molar-refractivity contribution in [1.29, 1.82) is 0 Å². The van der Waals surface area contributed by atoms with Gasteiger partial charge >= 0.3 is 14.1 Å². The van der Waals surface area contributed by atoms with E-state index in [2.05, 4.69) is 0 Å². The number of halogens is 3. The van der Waals surface area contributed by atoms with Gasteiger partial charge in [0.2, 0.25) is 0 Å². The summed E-state index contributed by atoms with van der Waals surface area (Å²) >= 11 is 0. The van der Waals surface area contributed by atoms with Gasteiger partial charge in [0, 0.05) is 12.2 Å². The van der Waals surface area contributed by atoms with E-state index in [1.54, 1.807) is 34.6 Å². The van der Waals surface area contributed by atoms with E-state index in [-0.39, 0.29) is 6.04 Å². The van der Waals surface area contributed by atoms with Crippen LogP contribution in [0.1, 0.15) is 34.6 Å². The van der Waals surface area contributed by atoms with Gasteiger partial charge in [0.1, 0.15) is 0 Å². The van der Waals surface area contributed by atoms with Crippen molar-refractivity contribution in [1.82, 2.24) is 0 Å². The number of hydrogen-bond acceptors (Lipinski definition) is 2. The smallest absolute Gasteiger partial charge is 0.388 e. The predicted octanol–water partition coefficient (Wildman–Crippen LogP) is 3.44. The van der Waals surface area contributed by atoms with E-state index in [9.17, 15) is 13.2 Å². The minimum atomic E-state index is -3.83. The van der Waals surface area contributed by atoms with E-state index in [4.69, 9.17) is 8.85 Å². The van der Waals surface area contributed by atoms with Gasteiger partial charge in [0.05, 0.1) is 0 Å². The van der Waals surface area contributed by atoms with E-state index in [0.29, 0.717) is 0 Å². The lowest BCUT2D eigenvalue weighted by Gasteiger charge is -2.37. The van der Waals surface area contributed by atoms with Crippen LogP contribution in [0.3, 0.4) is 0 Å². The minimum Gasteiger partial charge on any atom is -0.388 e. The Morgan fingerprint density at radius 1 is 1.06 bits per heavy atom. The standard InChI is InChI=1S/C10H21F3O2Si/c1-6-16(14-8(2)3,15-9(4)5)10(12,13)7-11/h8-9H,6-7H2,1-5H3. The molecule has 0 spiro atoms. The van der Waals surface area contributed by atoms with E-state index in [1.807, 2.05) is 0 Å². The van der Waals surface area contributed by atoms with Gasteiger partial charge in [-0.2, -0.15) is 0 Å². The minimum absolute atomic E-state index is 0.0281. The molecular formula is C10H21F3O2Si. The molecule has 0 saturated carbocycles. The van der Waals surface area contributed by atoms with Gasteiger partial charge in [-0.1, -0.05) is 6.92 Å². The van der Waals surface area contributed by atoms with Crippen molar-refractivity contribution in [3.05, 3.63) is 0 Å². The first-order valence-electron chi connectivity index (χ1n) is 5.50. The number of rotatable bonds is 7. The Morgan fingerprint density at radius 3 is 1.62 bits per heavy atom. The molecular weight excluding hydrogens is 237 g/mol. The molecule has 0 aliphatic heterocycles. The van der Waals surface area contributed by atoms with Crippen molar-refractivity contribution in [3.63, 3.8) is 0 Å². The lowest BCUT2D eigenvalue weighted by atomic mass is 10.5. The zero-order valence-corrected chi connectivity index (χ0v) is 11.5. The summed E-state index contributed by atoms with van der Waals surface area (Å²) in [5.41, 5.74) is -3.50. The molecule has 0 unspecified atom stereocenters. The maximum atomic E-state index is 13.6. The third kappa shape index (κ3) is 3.75. The molecule has 0 aromatic carbocycles. The molecule has 0 amide bonds. The van der Waals surface area contributed by atoms with E-state index < -0.39 is 33.0 Å². The summed E-state index contributed by atoms with van der Waals surface area (Å²) in [6.45, 7) is 6.42. The molecule has 0 bridgehead atoms. The van der Waals surface area contributed by atoms with Crippen LogP contribution < -0.4 is 0 Å². The lowest BCUT2D eigenvalue weighted by Crippen LogP contribution is -2.61. The maximum absolute atomic E-state index is 13.6. The van der Waals surface area contributed by atoms with Crippen molar-refractivity contribution in [2.24, 2.45) is 0 Å². The van der Waals surface area contributed by atoms with Crippen LogP contribution in [0.4, 0.5) is 13.2 Å². The van der Waals surface area contributed by atoms with Crippen LogP contribution >= 0.6 is 0 Å². The Labute approximate surface area is 96.4 Å². The first-order valence-corrected chi connectivity index (χ1v) is 7.52. The molecule has 0 fully saturated rings. The summed E-state index contributed by atoms with van der Waals surface area (Å²) in [5.74, 6) is 0. The van der Waals surface area contributed by atoms with Gasteiger partial charge < -0.3 is 8.85 Å². The average molecular weight is 258 g/mol. The molecule has 6 heteroatoms. The highest BCUT2D eigenvalue weighted by atomic mass is 28.4. The van der Waals surface area contributed by atoms with Crippen LogP contribution in [0.5, 0.6) is 0 Å². The Balaban J connectivity index is 5.10. The second-order valence-electron chi connectivity index (χ2n) is 4.28. The number of alkyl halides is 3. The van der Waals surface area contributed by atoms with Crippen LogP contribution in [-0.2, 0) is 8.85 Å². The Hall–Kier alpha value is -0.0731. The van der Waals surface area contributed by atoms with Crippen molar-refractivity contribution >= 4 is 8.56 Å². The molecule has 98 valence electrons. The van der Waals surface area contributed by atoms with E-state index in [0.717, 1.165) is 0 Å². The van der Waals surface area contributed by atoms with Crippen LogP contribution in [0.25, 0.3) is 0 Å². The molecule has 0 radical (unpaired) electrons. The topological polar surface area (TPSA) is 18.5 Å². The highest BCUT2D eigenvalue weighted by molar-refractivity contribution is 6.70. The van der Waals surface area contributed by atoms with Gasteiger partial charge in [-0.05, 0) is 33.7 Å². The Kier molecular flexibility index (Phi) is 5.99. The quantitative estimate of drug-likeness (QED) is 0.651. The zero-order chi connectivity index (χ0) is 13.0. The first-order chi connectivity index (χ1) is 7.20. The molecule has 0 aliphatic carbocycles. The summed E-state index contributed by atoms with van der Waals surface area (Å²) in [5, 5.41) is 0. The highest BCUT2D eigenvalue weighted by Gasteiger charge is 2.61. The van der Waals surface area contributed by atoms with Crippen molar-refractivity contribution < 1.29 is 22.0 Å². The normalized spacial score (nSPS) is 13.9. The molecule has 0 heterocycles. The van der Waals surface area contributed by atoms with Crippen LogP contribution in [0, 0.1) is 0 Å². The third-order valence-corrected chi connectivity index (χ3v) is 5.93. The van der Waals surface area contributed by atoms with E-state index in [1.165, 1.54) is 0 Å². The van der Waals surface area contributed by atoms with Gasteiger partial charge in [-0.3, -0.25) is 0 Å². The van der Waals surface area contributed by atoms with Gasteiger partial charge in [0.15, 0.2) is 6.67 Å². The molecule has 0 aromatic rings. The molecule has 16 heavy (non-hydrogen) atoms. The SMILES string of the molecule is CC[Si](OC(C)C)(OC(C)C)C(F)(F)CF. The fourth-order valence-corrected chi connectivity index (χ4v) is 4.47. The monoisotopic (exact) mass is 258 g/mol. The van der Waals surface area contributed by atoms with Gasteiger partial charge in [-0.15, -0.1) is 0 Å². The third-order valence-electron chi connectivity index (χ3n) is 2.04. The fourth-order valence-electron chi connectivity index (χ4n) is 1.49. The molecule has 0 saturated heterocycles. The molecule has 0 N–H and O–H groups in total. The summed E-state index contributed by atoms with van der Waals surface area (Å²) in [7, 11) is -3.83. The van der Waals surface area contributed by atoms with Crippen LogP contribution in [-0.4, -0.2) is 33.0 Å². The van der Waals surface area contributed by atoms with Crippen molar-refractivity contribution in [2.75, 3.05) is 6.67 Å². The molecule has 0 rings (SSSR count). The zero-order valence-electron chi connectivity index (χ0n) is 10.5. The predicted molar refractivity (Wildman–Crippen MR) is 59.6 cm³/mol. The lowest BCUT2D eigenvalue weighted by molar-refractivity contribution is -0.0303. The Bertz CT molecular complexity index is 200. The summed E-state index contributed by atoms with van der Waals surface area (Å²) < 4.78 is 50.3. The van der Waals surface area contributed by atoms with Gasteiger partial charge in [-0.25, -0.2) is 13.2 Å². The summed E-state index contributed by atoms with van der Waals surface area (Å²) in [4.78, 5) is 0. The second-order valence-corrected chi connectivity index (χ2v) is 7.69. The molecule has 2 nitrogen and oxygen atoms in total.